The first-order chi connectivity index (χ1) is 8.11. The number of likely N-dealkylation sites (N-methyl/N-ethyl adjacent to an activating group) is 1. The molecule has 1 aliphatic rings. The second-order valence-electron chi connectivity index (χ2n) is 4.50. The maximum atomic E-state index is 11.5. The van der Waals surface area contributed by atoms with Crippen LogP contribution in [0.3, 0.4) is 0 Å². The van der Waals surface area contributed by atoms with E-state index in [0.717, 1.165) is 12.8 Å². The molecule has 2 atom stereocenters. The van der Waals surface area contributed by atoms with Crippen molar-refractivity contribution in [2.45, 2.75) is 37.8 Å². The molecule has 1 saturated carbocycles. The molecule has 6 heteroatoms. The number of nitrogens with zero attached hydrogens (tertiary/aromatic N) is 2. The fourth-order valence-corrected chi connectivity index (χ4v) is 2.89. The number of nitrogens with two attached hydrogens (primary N) is 1. The van der Waals surface area contributed by atoms with Crippen LogP contribution in [0.15, 0.2) is 15.6 Å². The van der Waals surface area contributed by atoms with E-state index in [1.807, 2.05) is 11.9 Å². The Bertz CT molecular complexity index is 447. The average molecular weight is 301 g/mol. The molecule has 1 aromatic heterocycles. The highest BCUT2D eigenvalue weighted by atomic mass is 79.9. The molecule has 1 heterocycles. The van der Waals surface area contributed by atoms with Crippen LogP contribution >= 0.6 is 15.9 Å². The lowest BCUT2D eigenvalue weighted by Gasteiger charge is -2.36. The Hall–Kier alpha value is -0.880. The van der Waals surface area contributed by atoms with Gasteiger partial charge in [-0.25, -0.2) is 4.98 Å². The molecule has 0 aromatic carbocycles. The summed E-state index contributed by atoms with van der Waals surface area (Å²) in [4.78, 5) is 20.3. The van der Waals surface area contributed by atoms with Crippen molar-refractivity contribution in [3.05, 3.63) is 21.2 Å². The molecular formula is C11H17BrN4O. The molecule has 0 spiro atoms. The smallest absolute Gasteiger partial charge is 0.267 e. The summed E-state index contributed by atoms with van der Waals surface area (Å²) in [5.74, 6) is 0.663. The van der Waals surface area contributed by atoms with Gasteiger partial charge in [-0.2, -0.15) is 0 Å². The summed E-state index contributed by atoms with van der Waals surface area (Å²) in [6.45, 7) is 0. The molecule has 0 amide bonds. The molecular weight excluding hydrogens is 284 g/mol. The lowest BCUT2D eigenvalue weighted by molar-refractivity contribution is 0.372. The number of nitrogens with one attached hydrogen (secondary N) is 1. The minimum absolute atomic E-state index is 0.154. The van der Waals surface area contributed by atoms with Crippen LogP contribution in [0, 0.1) is 0 Å². The second kappa shape index (κ2) is 5.18. The van der Waals surface area contributed by atoms with Gasteiger partial charge in [0.1, 0.15) is 10.3 Å². The molecule has 0 radical (unpaired) electrons. The first-order valence-corrected chi connectivity index (χ1v) is 6.62. The third-order valence-electron chi connectivity index (χ3n) is 3.39. The zero-order valence-corrected chi connectivity index (χ0v) is 11.4. The van der Waals surface area contributed by atoms with Crippen molar-refractivity contribution < 1.29 is 0 Å². The topological polar surface area (TPSA) is 75.0 Å². The number of aromatic amines is 1. The number of rotatable bonds is 2. The minimum atomic E-state index is -0.161. The van der Waals surface area contributed by atoms with Gasteiger partial charge >= 0.3 is 0 Å². The number of aromatic nitrogens is 2. The number of hydrogen-bond donors (Lipinski definition) is 2. The van der Waals surface area contributed by atoms with E-state index >= 15 is 0 Å². The van der Waals surface area contributed by atoms with Crippen molar-refractivity contribution >= 4 is 21.7 Å². The molecule has 2 unspecified atom stereocenters. The number of halogens is 1. The normalized spacial score (nSPS) is 24.6. The van der Waals surface area contributed by atoms with Crippen LogP contribution < -0.4 is 16.2 Å². The van der Waals surface area contributed by atoms with Gasteiger partial charge in [0.15, 0.2) is 0 Å². The van der Waals surface area contributed by atoms with Gasteiger partial charge in [0.2, 0.25) is 0 Å². The van der Waals surface area contributed by atoms with Gasteiger partial charge in [0, 0.05) is 19.1 Å². The van der Waals surface area contributed by atoms with Crippen LogP contribution in [0.2, 0.25) is 0 Å². The molecule has 1 aliphatic carbocycles. The molecule has 0 bridgehead atoms. The molecule has 17 heavy (non-hydrogen) atoms. The Morgan fingerprint density at radius 3 is 2.94 bits per heavy atom. The molecule has 5 nitrogen and oxygen atoms in total. The molecule has 2 rings (SSSR count). The van der Waals surface area contributed by atoms with E-state index < -0.39 is 0 Å². The van der Waals surface area contributed by atoms with E-state index in [2.05, 4.69) is 25.9 Å². The van der Waals surface area contributed by atoms with Crippen LogP contribution in [0.4, 0.5) is 5.82 Å². The highest BCUT2D eigenvalue weighted by Gasteiger charge is 2.27. The van der Waals surface area contributed by atoms with E-state index in [9.17, 15) is 4.79 Å². The maximum absolute atomic E-state index is 11.5. The van der Waals surface area contributed by atoms with Crippen molar-refractivity contribution in [1.29, 1.82) is 0 Å². The summed E-state index contributed by atoms with van der Waals surface area (Å²) in [5, 5.41) is 0. The van der Waals surface area contributed by atoms with E-state index in [-0.39, 0.29) is 17.6 Å². The third kappa shape index (κ3) is 2.52. The summed E-state index contributed by atoms with van der Waals surface area (Å²) in [6.07, 6.45) is 5.89. The van der Waals surface area contributed by atoms with Gasteiger partial charge in [0.05, 0.1) is 6.33 Å². The Balaban J connectivity index is 2.26. The molecule has 94 valence electrons. The number of H-pyrrole nitrogens is 1. The summed E-state index contributed by atoms with van der Waals surface area (Å²) >= 11 is 3.28. The van der Waals surface area contributed by atoms with E-state index in [0.29, 0.717) is 10.3 Å². The van der Waals surface area contributed by atoms with Crippen molar-refractivity contribution in [1.82, 2.24) is 9.97 Å². The zero-order valence-electron chi connectivity index (χ0n) is 9.82. The first kappa shape index (κ1) is 12.6. The number of anilines is 1. The van der Waals surface area contributed by atoms with E-state index in [4.69, 9.17) is 5.73 Å². The largest absolute Gasteiger partial charge is 0.354 e. The molecule has 3 N–H and O–H groups in total. The second-order valence-corrected chi connectivity index (χ2v) is 5.29. The van der Waals surface area contributed by atoms with E-state index in [1.54, 1.807) is 0 Å². The summed E-state index contributed by atoms with van der Waals surface area (Å²) < 4.78 is 0.472. The molecule has 1 aromatic rings. The third-order valence-corrected chi connectivity index (χ3v) is 4.11. The summed E-state index contributed by atoms with van der Waals surface area (Å²) in [7, 11) is 1.95. The first-order valence-electron chi connectivity index (χ1n) is 5.83. The van der Waals surface area contributed by atoms with E-state index in [1.165, 1.54) is 19.2 Å². The van der Waals surface area contributed by atoms with Crippen molar-refractivity contribution in [2.75, 3.05) is 11.9 Å². The van der Waals surface area contributed by atoms with Crippen LogP contribution in [-0.2, 0) is 0 Å². The summed E-state index contributed by atoms with van der Waals surface area (Å²) in [6, 6.07) is 0.413. The monoisotopic (exact) mass is 300 g/mol. The molecule has 0 aliphatic heterocycles. The van der Waals surface area contributed by atoms with Crippen molar-refractivity contribution in [2.24, 2.45) is 5.73 Å². The molecule has 1 fully saturated rings. The standard InChI is InChI=1S/C11H17BrN4O/c1-16(8-5-3-2-4-7(8)13)10-9(12)11(17)15-6-14-10/h6-8H,2-5,13H2,1H3,(H,14,15,17). The fourth-order valence-electron chi connectivity index (χ4n) is 2.40. The lowest BCUT2D eigenvalue weighted by Crippen LogP contribution is -2.48. The summed E-state index contributed by atoms with van der Waals surface area (Å²) in [5.41, 5.74) is 5.97. The fraction of sp³-hybridized carbons (Fsp3) is 0.636. The molecule has 0 saturated heterocycles. The van der Waals surface area contributed by atoms with Gasteiger partial charge in [-0.05, 0) is 28.8 Å². The minimum Gasteiger partial charge on any atom is -0.354 e. The predicted octanol–water partition coefficient (Wildman–Crippen LogP) is 1.24. The van der Waals surface area contributed by atoms with Gasteiger partial charge < -0.3 is 15.6 Å². The van der Waals surface area contributed by atoms with Crippen LogP contribution in [0.1, 0.15) is 25.7 Å². The maximum Gasteiger partial charge on any atom is 0.267 e. The van der Waals surface area contributed by atoms with Gasteiger partial charge in [-0.15, -0.1) is 0 Å². The van der Waals surface area contributed by atoms with Crippen LogP contribution in [0.25, 0.3) is 0 Å². The Morgan fingerprint density at radius 2 is 2.24 bits per heavy atom. The SMILES string of the molecule is CN(c1nc[nH]c(=O)c1Br)C1CCCCC1N. The Labute approximate surface area is 109 Å². The highest BCUT2D eigenvalue weighted by Crippen LogP contribution is 2.26. The van der Waals surface area contributed by atoms with Crippen LogP contribution in [0.5, 0.6) is 0 Å². The van der Waals surface area contributed by atoms with Crippen molar-refractivity contribution in [3.63, 3.8) is 0 Å². The Morgan fingerprint density at radius 1 is 1.53 bits per heavy atom. The van der Waals surface area contributed by atoms with Crippen molar-refractivity contribution in [3.8, 4) is 0 Å². The quantitative estimate of drug-likeness (QED) is 0.862. The van der Waals surface area contributed by atoms with Gasteiger partial charge in [-0.3, -0.25) is 4.79 Å². The Kier molecular flexibility index (Phi) is 3.83. The highest BCUT2D eigenvalue weighted by molar-refractivity contribution is 9.10. The number of hydrogen-bond acceptors (Lipinski definition) is 4. The van der Waals surface area contributed by atoms with Gasteiger partial charge in [0.25, 0.3) is 5.56 Å². The zero-order chi connectivity index (χ0) is 12.4. The predicted molar refractivity (Wildman–Crippen MR) is 71.2 cm³/mol. The van der Waals surface area contributed by atoms with Gasteiger partial charge in [-0.1, -0.05) is 12.8 Å². The lowest BCUT2D eigenvalue weighted by atomic mass is 9.90. The average Bonchev–Trinajstić information content (AvgIpc) is 2.32. The van der Waals surface area contributed by atoms with Crippen LogP contribution in [-0.4, -0.2) is 29.1 Å².